The number of alkyl halides is 3. The van der Waals surface area contributed by atoms with E-state index in [1.165, 1.54) is 17.0 Å². The highest BCUT2D eigenvalue weighted by Crippen LogP contribution is 2.39. The van der Waals surface area contributed by atoms with Gasteiger partial charge in [0.25, 0.3) is 11.5 Å². The number of pyridine rings is 1. The first kappa shape index (κ1) is 38.0. The number of aromatic nitrogens is 5. The number of ether oxygens (including phenoxy) is 2. The molecule has 2 saturated heterocycles. The molecule has 6 heterocycles. The van der Waals surface area contributed by atoms with Gasteiger partial charge in [0.15, 0.2) is 5.82 Å². The fraction of sp³-hybridized carbons (Fsp3) is 0.359. The van der Waals surface area contributed by atoms with E-state index in [0.29, 0.717) is 91.7 Å². The number of aromatic amines is 1. The van der Waals surface area contributed by atoms with Crippen molar-refractivity contribution in [1.29, 1.82) is 0 Å². The lowest BCUT2D eigenvalue weighted by Gasteiger charge is -2.34. The summed E-state index contributed by atoms with van der Waals surface area (Å²) in [4.78, 5) is 57.6. The van der Waals surface area contributed by atoms with E-state index in [0.717, 1.165) is 12.3 Å². The molecule has 0 saturated carbocycles. The molecule has 0 atom stereocenters. The smallest absolute Gasteiger partial charge is 0.379 e. The molecule has 0 unspecified atom stereocenters. The number of nitrogens with zero attached hydrogens (tertiary/aromatic N) is 7. The summed E-state index contributed by atoms with van der Waals surface area (Å²) >= 11 is 0. The maximum atomic E-state index is 15.4. The number of carbonyl (C=O) groups is 2. The van der Waals surface area contributed by atoms with Crippen molar-refractivity contribution in [3.05, 3.63) is 105 Å². The molecule has 2 fully saturated rings. The summed E-state index contributed by atoms with van der Waals surface area (Å²) in [6, 6.07) is 11.9. The van der Waals surface area contributed by atoms with Gasteiger partial charge in [0, 0.05) is 61.9 Å². The minimum Gasteiger partial charge on any atom is -0.379 e. The number of benzene rings is 2. The molecule has 0 bridgehead atoms. The van der Waals surface area contributed by atoms with E-state index in [2.05, 4.69) is 30.5 Å². The first-order valence-electron chi connectivity index (χ1n) is 18.5. The third kappa shape index (κ3) is 8.19. The number of hydrogen-bond acceptors (Lipinski definition) is 11. The van der Waals surface area contributed by atoms with Crippen LogP contribution in [-0.2, 0) is 39.8 Å². The summed E-state index contributed by atoms with van der Waals surface area (Å²) in [6.45, 7) is 3.60. The van der Waals surface area contributed by atoms with Gasteiger partial charge in [-0.15, -0.1) is 0 Å². The van der Waals surface area contributed by atoms with E-state index < -0.39 is 34.9 Å². The van der Waals surface area contributed by atoms with E-state index in [-0.39, 0.29) is 55.2 Å². The largest absolute Gasteiger partial charge is 0.417 e. The monoisotopic (exact) mass is 787 g/mol. The maximum Gasteiger partial charge on any atom is 0.417 e. The predicted octanol–water partition coefficient (Wildman–Crippen LogP) is 3.83. The summed E-state index contributed by atoms with van der Waals surface area (Å²) in [6.07, 6.45) is -3.42. The number of hydrogen-bond donors (Lipinski definition) is 2. The van der Waals surface area contributed by atoms with Crippen LogP contribution >= 0.6 is 0 Å². The Bertz CT molecular complexity index is 2400. The van der Waals surface area contributed by atoms with E-state index in [9.17, 15) is 27.6 Å². The molecule has 5 aromatic rings. The number of fused-ring (bicyclic) bond motifs is 2. The van der Waals surface area contributed by atoms with Crippen LogP contribution < -0.4 is 15.8 Å². The zero-order valence-electron chi connectivity index (χ0n) is 30.6. The summed E-state index contributed by atoms with van der Waals surface area (Å²) in [5.41, 5.74) is 0.0660. The Morgan fingerprint density at radius 2 is 1.65 bits per heavy atom. The van der Waals surface area contributed by atoms with E-state index in [1.54, 1.807) is 30.3 Å². The summed E-state index contributed by atoms with van der Waals surface area (Å²) in [5, 5.41) is 10.2. The summed E-state index contributed by atoms with van der Waals surface area (Å²) in [7, 11) is 0. The summed E-state index contributed by atoms with van der Waals surface area (Å²) in [5.74, 6) is -1.99. The van der Waals surface area contributed by atoms with Crippen LogP contribution in [0.3, 0.4) is 0 Å². The van der Waals surface area contributed by atoms with Gasteiger partial charge in [0.2, 0.25) is 5.91 Å². The molecule has 0 radical (unpaired) electrons. The predicted molar refractivity (Wildman–Crippen MR) is 199 cm³/mol. The molecule has 296 valence electrons. The Morgan fingerprint density at radius 1 is 0.912 bits per heavy atom. The van der Waals surface area contributed by atoms with Crippen molar-refractivity contribution in [2.24, 2.45) is 0 Å². The molecule has 18 heteroatoms. The second-order valence-corrected chi connectivity index (χ2v) is 14.0. The molecule has 2 aromatic carbocycles. The van der Waals surface area contributed by atoms with Crippen LogP contribution in [0.4, 0.5) is 29.2 Å². The van der Waals surface area contributed by atoms with Gasteiger partial charge >= 0.3 is 6.18 Å². The van der Waals surface area contributed by atoms with Gasteiger partial charge in [0.05, 0.1) is 67.4 Å². The third-order valence-electron chi connectivity index (χ3n) is 10.2. The lowest BCUT2D eigenvalue weighted by Crippen LogP contribution is -2.41. The van der Waals surface area contributed by atoms with Crippen molar-refractivity contribution in [3.8, 4) is 11.4 Å². The van der Waals surface area contributed by atoms with Crippen LogP contribution in [0.15, 0.2) is 59.5 Å². The number of carbonyl (C=O) groups excluding carboxylic acids is 2. The SMILES string of the molecule is O=C(CN1CCOCC1)Nc1cc(C(F)(F)F)c(-c2nc3c(c(N4CCOCC4)n2)CCN(C(=O)c2cc(Cc4n[nH]c(=O)c5ccccc45)ccc2F)C3)cn1. The first-order valence-corrected chi connectivity index (χ1v) is 18.5. The van der Waals surface area contributed by atoms with Gasteiger partial charge in [0.1, 0.15) is 17.5 Å². The van der Waals surface area contributed by atoms with Gasteiger partial charge in [-0.3, -0.25) is 19.3 Å². The first-order chi connectivity index (χ1) is 27.5. The Morgan fingerprint density at radius 3 is 2.40 bits per heavy atom. The highest BCUT2D eigenvalue weighted by atomic mass is 19.4. The molecular weight excluding hydrogens is 750 g/mol. The van der Waals surface area contributed by atoms with Crippen molar-refractivity contribution >= 4 is 34.2 Å². The average Bonchev–Trinajstić information content (AvgIpc) is 3.22. The van der Waals surface area contributed by atoms with Crippen molar-refractivity contribution in [2.45, 2.75) is 25.6 Å². The fourth-order valence-corrected chi connectivity index (χ4v) is 7.34. The van der Waals surface area contributed by atoms with Crippen LogP contribution in [-0.4, -0.2) is 112 Å². The third-order valence-corrected chi connectivity index (χ3v) is 10.2. The lowest BCUT2D eigenvalue weighted by atomic mass is 10.00. The Balaban J connectivity index is 1.10. The van der Waals surface area contributed by atoms with Gasteiger partial charge < -0.3 is 24.6 Å². The average molecular weight is 788 g/mol. The fourth-order valence-electron chi connectivity index (χ4n) is 7.34. The van der Waals surface area contributed by atoms with Crippen molar-refractivity contribution in [3.63, 3.8) is 0 Å². The van der Waals surface area contributed by atoms with E-state index in [4.69, 9.17) is 9.47 Å². The second kappa shape index (κ2) is 16.0. The minimum atomic E-state index is -4.87. The molecule has 0 spiro atoms. The molecule has 3 aliphatic heterocycles. The van der Waals surface area contributed by atoms with E-state index >= 15 is 4.39 Å². The zero-order chi connectivity index (χ0) is 39.7. The van der Waals surface area contributed by atoms with Crippen LogP contribution in [0.2, 0.25) is 0 Å². The van der Waals surface area contributed by atoms with Gasteiger partial charge in [-0.1, -0.05) is 24.3 Å². The number of halogens is 4. The number of morpholine rings is 2. The normalized spacial score (nSPS) is 16.4. The van der Waals surface area contributed by atoms with Gasteiger partial charge in [-0.25, -0.2) is 24.4 Å². The number of rotatable bonds is 8. The highest BCUT2D eigenvalue weighted by molar-refractivity contribution is 5.95. The van der Waals surface area contributed by atoms with Crippen LogP contribution in [0, 0.1) is 5.82 Å². The van der Waals surface area contributed by atoms with Gasteiger partial charge in [-0.2, -0.15) is 18.3 Å². The topological polar surface area (TPSA) is 159 Å². The number of anilines is 2. The van der Waals surface area contributed by atoms with Gasteiger partial charge in [-0.05, 0) is 36.2 Å². The van der Waals surface area contributed by atoms with Crippen LogP contribution in [0.25, 0.3) is 22.2 Å². The van der Waals surface area contributed by atoms with E-state index in [1.807, 2.05) is 9.80 Å². The van der Waals surface area contributed by atoms with Crippen molar-refractivity contribution in [1.82, 2.24) is 34.9 Å². The molecule has 3 aromatic heterocycles. The lowest BCUT2D eigenvalue weighted by molar-refractivity contribution is -0.137. The zero-order valence-corrected chi connectivity index (χ0v) is 30.6. The second-order valence-electron chi connectivity index (χ2n) is 14.0. The molecular formula is C39H37F4N9O5. The highest BCUT2D eigenvalue weighted by Gasteiger charge is 2.37. The Labute approximate surface area is 322 Å². The van der Waals surface area contributed by atoms with Crippen molar-refractivity contribution < 1.29 is 36.6 Å². The number of H-pyrrole nitrogens is 1. The van der Waals surface area contributed by atoms with Crippen molar-refractivity contribution in [2.75, 3.05) is 75.9 Å². The molecule has 57 heavy (non-hydrogen) atoms. The number of amides is 2. The molecule has 0 aliphatic carbocycles. The van der Waals surface area contributed by atoms with Crippen LogP contribution in [0.5, 0.6) is 0 Å². The molecule has 8 rings (SSSR count). The Kier molecular flexibility index (Phi) is 10.6. The molecule has 3 aliphatic rings. The Hall–Kier alpha value is -5.85. The molecule has 2 N–H and O–H groups in total. The maximum absolute atomic E-state index is 15.4. The van der Waals surface area contributed by atoms with Crippen LogP contribution in [0.1, 0.15) is 38.4 Å². The molecule has 2 amide bonds. The standard InChI is InChI=1S/C39H37F4N9O5/c40-30-6-5-23(18-31-24-3-1-2-4-25(24)37(54)49-48-31)17-27(30)38(55)52-8-7-26-32(21-52)45-35(47-36(26)51-11-15-57-16-12-51)28-20-44-33(19-29(28)39(41,42)43)46-34(53)22-50-9-13-56-14-10-50/h1-6,17,19-20H,7-16,18,21-22H2,(H,49,54)(H,44,46,53). The number of nitrogens with one attached hydrogen (secondary N) is 2. The summed E-state index contributed by atoms with van der Waals surface area (Å²) < 4.78 is 70.4. The molecule has 14 nitrogen and oxygen atoms in total. The quantitative estimate of drug-likeness (QED) is 0.220. The minimum absolute atomic E-state index is 0.0299.